The average molecular weight is 407 g/mol. The van der Waals surface area contributed by atoms with Gasteiger partial charge in [-0.15, -0.1) is 11.3 Å². The Kier molecular flexibility index (Phi) is 5.31. The van der Waals surface area contributed by atoms with Crippen molar-refractivity contribution in [3.63, 3.8) is 0 Å². The Morgan fingerprint density at radius 2 is 1.90 bits per heavy atom. The number of nitrogens with zero attached hydrogens (tertiary/aromatic N) is 2. The van der Waals surface area contributed by atoms with E-state index in [1.807, 2.05) is 61.5 Å². The van der Waals surface area contributed by atoms with Crippen LogP contribution in [0.5, 0.6) is 5.75 Å². The summed E-state index contributed by atoms with van der Waals surface area (Å²) < 4.78 is 5.19. The molecule has 29 heavy (non-hydrogen) atoms. The van der Waals surface area contributed by atoms with Crippen LogP contribution in [-0.2, 0) is 9.59 Å². The number of rotatable bonds is 5. The lowest BCUT2D eigenvalue weighted by Crippen LogP contribution is -2.28. The second-order valence-corrected chi connectivity index (χ2v) is 8.09. The van der Waals surface area contributed by atoms with E-state index in [-0.39, 0.29) is 18.2 Å². The molecular formula is C22H21N3O3S. The zero-order chi connectivity index (χ0) is 20.4. The van der Waals surface area contributed by atoms with E-state index < -0.39 is 5.92 Å². The van der Waals surface area contributed by atoms with Crippen LogP contribution in [0, 0.1) is 12.8 Å². The molecule has 0 bridgehead atoms. The minimum Gasteiger partial charge on any atom is -0.497 e. The minimum atomic E-state index is -0.392. The number of hydrogen-bond donors (Lipinski definition) is 1. The molecule has 1 atom stereocenters. The summed E-state index contributed by atoms with van der Waals surface area (Å²) in [5.74, 6) is 0.179. The first kappa shape index (κ1) is 19.1. The van der Waals surface area contributed by atoms with E-state index in [1.165, 1.54) is 11.3 Å². The lowest BCUT2D eigenvalue weighted by Gasteiger charge is -2.16. The van der Waals surface area contributed by atoms with Gasteiger partial charge in [-0.2, -0.15) is 0 Å². The molecule has 1 aliphatic rings. The van der Waals surface area contributed by atoms with E-state index in [4.69, 9.17) is 4.74 Å². The highest BCUT2D eigenvalue weighted by molar-refractivity contribution is 7.16. The number of anilines is 2. The van der Waals surface area contributed by atoms with Crippen molar-refractivity contribution in [2.24, 2.45) is 5.92 Å². The van der Waals surface area contributed by atoms with Gasteiger partial charge in [0, 0.05) is 29.1 Å². The number of hydrogen-bond acceptors (Lipinski definition) is 5. The van der Waals surface area contributed by atoms with E-state index in [1.54, 1.807) is 12.0 Å². The van der Waals surface area contributed by atoms with Gasteiger partial charge in [-0.05, 0) is 43.3 Å². The first-order valence-corrected chi connectivity index (χ1v) is 10.1. The number of aromatic nitrogens is 1. The number of ether oxygens (including phenoxy) is 1. The number of thiazole rings is 1. The molecule has 0 saturated carbocycles. The lowest BCUT2D eigenvalue weighted by molar-refractivity contribution is -0.122. The summed E-state index contributed by atoms with van der Waals surface area (Å²) >= 11 is 1.43. The monoisotopic (exact) mass is 407 g/mol. The molecule has 0 aliphatic carbocycles. The van der Waals surface area contributed by atoms with Crippen molar-refractivity contribution >= 4 is 34.0 Å². The van der Waals surface area contributed by atoms with Gasteiger partial charge in [0.1, 0.15) is 5.75 Å². The first-order chi connectivity index (χ1) is 14.0. The van der Waals surface area contributed by atoms with E-state index >= 15 is 0 Å². The molecule has 0 spiro atoms. The van der Waals surface area contributed by atoms with Crippen LogP contribution < -0.4 is 15.0 Å². The van der Waals surface area contributed by atoms with Crippen LogP contribution in [0.2, 0.25) is 0 Å². The molecule has 1 saturated heterocycles. The van der Waals surface area contributed by atoms with Gasteiger partial charge in [0.25, 0.3) is 0 Å². The number of amides is 2. The van der Waals surface area contributed by atoms with Gasteiger partial charge in [-0.25, -0.2) is 4.98 Å². The molecule has 2 heterocycles. The van der Waals surface area contributed by atoms with Gasteiger partial charge < -0.3 is 15.0 Å². The maximum Gasteiger partial charge on any atom is 0.231 e. The third-order valence-corrected chi connectivity index (χ3v) is 5.84. The maximum absolute atomic E-state index is 12.7. The van der Waals surface area contributed by atoms with Crippen LogP contribution in [0.3, 0.4) is 0 Å². The fourth-order valence-corrected chi connectivity index (χ4v) is 4.25. The largest absolute Gasteiger partial charge is 0.497 e. The number of carbonyl (C=O) groups excluding carboxylic acids is 2. The number of benzene rings is 2. The van der Waals surface area contributed by atoms with Crippen molar-refractivity contribution < 1.29 is 14.3 Å². The maximum atomic E-state index is 12.7. The zero-order valence-corrected chi connectivity index (χ0v) is 17.0. The van der Waals surface area contributed by atoms with E-state index in [0.29, 0.717) is 11.7 Å². The van der Waals surface area contributed by atoms with E-state index in [0.717, 1.165) is 27.6 Å². The summed E-state index contributed by atoms with van der Waals surface area (Å²) in [5, 5.41) is 3.44. The molecule has 1 N–H and O–H groups in total. The highest BCUT2D eigenvalue weighted by Gasteiger charge is 2.35. The van der Waals surface area contributed by atoms with Crippen molar-refractivity contribution in [3.05, 3.63) is 59.5 Å². The summed E-state index contributed by atoms with van der Waals surface area (Å²) in [6, 6.07) is 17.1. The number of aryl methyl sites for hydroxylation is 1. The van der Waals surface area contributed by atoms with Crippen molar-refractivity contribution in [1.82, 2.24) is 4.98 Å². The van der Waals surface area contributed by atoms with Crippen molar-refractivity contribution in [2.75, 3.05) is 23.9 Å². The van der Waals surface area contributed by atoms with Gasteiger partial charge in [-0.1, -0.05) is 18.2 Å². The first-order valence-electron chi connectivity index (χ1n) is 9.33. The predicted molar refractivity (Wildman–Crippen MR) is 114 cm³/mol. The molecule has 2 amide bonds. The average Bonchev–Trinajstić information content (AvgIpc) is 3.31. The normalized spacial score (nSPS) is 16.1. The highest BCUT2D eigenvalue weighted by Crippen LogP contribution is 2.32. The van der Waals surface area contributed by atoms with Crippen LogP contribution in [0.1, 0.15) is 11.3 Å². The molecular weight excluding hydrogens is 386 g/mol. The molecule has 1 fully saturated rings. The van der Waals surface area contributed by atoms with Crippen LogP contribution in [0.25, 0.3) is 11.3 Å². The van der Waals surface area contributed by atoms with E-state index in [9.17, 15) is 9.59 Å². The molecule has 148 valence electrons. The zero-order valence-electron chi connectivity index (χ0n) is 16.2. The Morgan fingerprint density at radius 3 is 2.59 bits per heavy atom. The molecule has 1 aliphatic heterocycles. The summed E-state index contributed by atoms with van der Waals surface area (Å²) in [6.07, 6.45) is 0.205. The molecule has 1 unspecified atom stereocenters. The Labute approximate surface area is 173 Å². The Hall–Kier alpha value is -3.19. The number of methoxy groups -OCH3 is 1. The molecule has 2 aromatic carbocycles. The molecule has 4 rings (SSSR count). The smallest absolute Gasteiger partial charge is 0.231 e. The Balaban J connectivity index is 1.46. The summed E-state index contributed by atoms with van der Waals surface area (Å²) in [7, 11) is 1.63. The van der Waals surface area contributed by atoms with Gasteiger partial charge in [0.05, 0.1) is 18.7 Å². The number of nitrogens with one attached hydrogen (secondary N) is 1. The summed E-state index contributed by atoms with van der Waals surface area (Å²) in [5.41, 5.74) is 2.62. The molecule has 0 radical (unpaired) electrons. The van der Waals surface area contributed by atoms with Gasteiger partial charge in [-0.3, -0.25) is 9.59 Å². The SMILES string of the molecule is COc1ccc(-c2nc(NC(=O)C3CC(=O)N(c4ccccc4)C3)sc2C)cc1. The van der Waals surface area contributed by atoms with Crippen LogP contribution in [-0.4, -0.2) is 30.5 Å². The van der Waals surface area contributed by atoms with Gasteiger partial charge >= 0.3 is 0 Å². The third kappa shape index (κ3) is 4.00. The fraction of sp³-hybridized carbons (Fsp3) is 0.227. The van der Waals surface area contributed by atoms with Crippen LogP contribution in [0.15, 0.2) is 54.6 Å². The molecule has 1 aromatic heterocycles. The summed E-state index contributed by atoms with van der Waals surface area (Å²) in [6.45, 7) is 2.35. The molecule has 7 heteroatoms. The highest BCUT2D eigenvalue weighted by atomic mass is 32.1. The van der Waals surface area contributed by atoms with Gasteiger partial charge in [0.2, 0.25) is 11.8 Å². The quantitative estimate of drug-likeness (QED) is 0.691. The minimum absolute atomic E-state index is 0.0365. The van der Waals surface area contributed by atoms with Crippen molar-refractivity contribution in [2.45, 2.75) is 13.3 Å². The predicted octanol–water partition coefficient (Wildman–Crippen LogP) is 4.12. The van der Waals surface area contributed by atoms with Crippen LogP contribution >= 0.6 is 11.3 Å². The van der Waals surface area contributed by atoms with Crippen LogP contribution in [0.4, 0.5) is 10.8 Å². The van der Waals surface area contributed by atoms with Crippen molar-refractivity contribution in [1.29, 1.82) is 0 Å². The third-order valence-electron chi connectivity index (χ3n) is 4.95. The Morgan fingerprint density at radius 1 is 1.17 bits per heavy atom. The Bertz CT molecular complexity index is 1030. The molecule has 3 aromatic rings. The molecule has 6 nitrogen and oxygen atoms in total. The fourth-order valence-electron chi connectivity index (χ4n) is 3.41. The summed E-state index contributed by atoms with van der Waals surface area (Å²) in [4.78, 5) is 32.4. The second-order valence-electron chi connectivity index (χ2n) is 6.88. The standard InChI is InChI=1S/C22H21N3O3S/c1-14-20(15-8-10-18(28-2)11-9-15)23-22(29-14)24-21(27)16-12-19(26)25(13-16)17-6-4-3-5-7-17/h3-11,16H,12-13H2,1-2H3,(H,23,24,27). The van der Waals surface area contributed by atoms with Crippen molar-refractivity contribution in [3.8, 4) is 17.0 Å². The van der Waals surface area contributed by atoms with Gasteiger partial charge in [0.15, 0.2) is 5.13 Å². The lowest BCUT2D eigenvalue weighted by atomic mass is 10.1. The topological polar surface area (TPSA) is 71.5 Å². The van der Waals surface area contributed by atoms with E-state index in [2.05, 4.69) is 10.3 Å². The second kappa shape index (κ2) is 8.05. The number of para-hydroxylation sites is 1. The number of carbonyl (C=O) groups is 2.